The summed E-state index contributed by atoms with van der Waals surface area (Å²) in [6.45, 7) is 13.4. The molecule has 206 valence electrons. The van der Waals surface area contributed by atoms with E-state index in [0.717, 1.165) is 37.0 Å². The fourth-order valence-corrected chi connectivity index (χ4v) is 6.99. The monoisotopic (exact) mass is 542 g/mol. The molecule has 2 nitrogen and oxygen atoms in total. The summed E-state index contributed by atoms with van der Waals surface area (Å²) in [6, 6.07) is 15.7. The Morgan fingerprint density at radius 2 is 1.58 bits per heavy atom. The molecule has 0 unspecified atom stereocenters. The van der Waals surface area contributed by atoms with Crippen LogP contribution in [0.1, 0.15) is 62.6 Å². The third-order valence-electron chi connectivity index (χ3n) is 8.56. The average Bonchev–Trinajstić information content (AvgIpc) is 3.57. The summed E-state index contributed by atoms with van der Waals surface area (Å²) in [5, 5.41) is 0. The molecule has 2 aliphatic carbocycles. The molecule has 2 fully saturated rings. The molecule has 0 saturated heterocycles. The van der Waals surface area contributed by atoms with Gasteiger partial charge in [0, 0.05) is 11.8 Å². The minimum Gasteiger partial charge on any atom is -0.462 e. The number of rotatable bonds is 7. The fourth-order valence-electron chi connectivity index (χ4n) is 6.20. The molecule has 0 aliphatic heterocycles. The number of alkyl halides is 3. The smallest absolute Gasteiger partial charge is 0.416 e. The van der Waals surface area contributed by atoms with E-state index < -0.39 is 19.8 Å². The second kappa shape index (κ2) is 10.7. The largest absolute Gasteiger partial charge is 0.462 e. The first-order chi connectivity index (χ1) is 17.7. The molecule has 0 N–H and O–H groups in total. The summed E-state index contributed by atoms with van der Waals surface area (Å²) in [5.74, 6) is -0.107. The summed E-state index contributed by atoms with van der Waals surface area (Å²) in [6.07, 6.45) is 0.489. The standard InChI is InChI=1S/C32H41F3O2Si/c1-21-12-17-26(31(2,3)23-10-8-7-9-11-23)27(20-21)37-30(36)29-25(18-19-38(4,5)6)28(29)22-13-15-24(16-14-22)32(33,34)35/h7-11,13-16,18-19,21,25-29H,12,17,20H2,1-6H3/b19-18+/t21-,25+,26-,27-,28-,29-/m1/s1. The molecule has 2 saturated carbocycles. The topological polar surface area (TPSA) is 26.3 Å². The van der Waals surface area contributed by atoms with E-state index in [1.54, 1.807) is 0 Å². The molecule has 4 rings (SSSR count). The highest BCUT2D eigenvalue weighted by Crippen LogP contribution is 2.56. The van der Waals surface area contributed by atoms with Gasteiger partial charge in [-0.3, -0.25) is 4.79 Å². The van der Waals surface area contributed by atoms with Crippen molar-refractivity contribution in [2.75, 3.05) is 0 Å². The summed E-state index contributed by atoms with van der Waals surface area (Å²) in [5.41, 5.74) is 3.41. The molecule has 2 aromatic rings. The van der Waals surface area contributed by atoms with E-state index >= 15 is 0 Å². The van der Waals surface area contributed by atoms with Crippen molar-refractivity contribution in [1.82, 2.24) is 0 Å². The maximum atomic E-state index is 13.7. The highest BCUT2D eigenvalue weighted by Gasteiger charge is 2.56. The van der Waals surface area contributed by atoms with Crippen LogP contribution in [0.3, 0.4) is 0 Å². The van der Waals surface area contributed by atoms with Crippen molar-refractivity contribution in [3.05, 3.63) is 83.1 Å². The lowest BCUT2D eigenvalue weighted by molar-refractivity contribution is -0.158. The second-order valence-corrected chi connectivity index (χ2v) is 18.1. The van der Waals surface area contributed by atoms with Crippen molar-refractivity contribution in [2.45, 2.75) is 83.3 Å². The Hall–Kier alpha value is -2.34. The number of benzene rings is 2. The number of carbonyl (C=O) groups is 1. The van der Waals surface area contributed by atoms with Crippen LogP contribution in [-0.2, 0) is 21.1 Å². The van der Waals surface area contributed by atoms with E-state index in [4.69, 9.17) is 4.74 Å². The quantitative estimate of drug-likeness (QED) is 0.258. The molecule has 0 aromatic heterocycles. The summed E-state index contributed by atoms with van der Waals surface area (Å²) in [7, 11) is -1.52. The van der Waals surface area contributed by atoms with Gasteiger partial charge in [0.25, 0.3) is 0 Å². The number of hydrogen-bond acceptors (Lipinski definition) is 2. The van der Waals surface area contributed by atoms with Gasteiger partial charge in [0.15, 0.2) is 0 Å². The van der Waals surface area contributed by atoms with Crippen molar-refractivity contribution < 1.29 is 22.7 Å². The van der Waals surface area contributed by atoms with Crippen LogP contribution in [0.25, 0.3) is 0 Å². The van der Waals surface area contributed by atoms with Gasteiger partial charge in [-0.25, -0.2) is 0 Å². The minimum absolute atomic E-state index is 0.0486. The zero-order valence-corrected chi connectivity index (χ0v) is 24.4. The second-order valence-electron chi connectivity index (χ2n) is 13.1. The van der Waals surface area contributed by atoms with Gasteiger partial charge < -0.3 is 4.74 Å². The molecule has 0 spiro atoms. The van der Waals surface area contributed by atoms with Crippen molar-refractivity contribution in [2.24, 2.45) is 23.7 Å². The first-order valence-electron chi connectivity index (χ1n) is 13.8. The van der Waals surface area contributed by atoms with E-state index in [1.807, 2.05) is 6.07 Å². The van der Waals surface area contributed by atoms with Gasteiger partial charge in [0.2, 0.25) is 0 Å². The van der Waals surface area contributed by atoms with Gasteiger partial charge in [-0.05, 0) is 53.4 Å². The zero-order valence-electron chi connectivity index (χ0n) is 23.4. The number of esters is 1. The Kier molecular flexibility index (Phi) is 8.05. The molecule has 38 heavy (non-hydrogen) atoms. The van der Waals surface area contributed by atoms with Gasteiger partial charge in [0.1, 0.15) is 6.10 Å². The highest BCUT2D eigenvalue weighted by atomic mass is 28.3. The Bertz CT molecular complexity index is 1130. The van der Waals surface area contributed by atoms with E-state index in [-0.39, 0.29) is 41.2 Å². The third-order valence-corrected chi connectivity index (χ3v) is 9.75. The van der Waals surface area contributed by atoms with Crippen molar-refractivity contribution in [1.29, 1.82) is 0 Å². The van der Waals surface area contributed by atoms with Crippen LogP contribution in [0.15, 0.2) is 66.4 Å². The minimum atomic E-state index is -4.38. The Morgan fingerprint density at radius 1 is 0.947 bits per heavy atom. The van der Waals surface area contributed by atoms with Gasteiger partial charge in [-0.2, -0.15) is 13.2 Å². The first kappa shape index (κ1) is 28.7. The lowest BCUT2D eigenvalue weighted by atomic mass is 9.64. The van der Waals surface area contributed by atoms with E-state index in [9.17, 15) is 18.0 Å². The zero-order chi connectivity index (χ0) is 27.9. The van der Waals surface area contributed by atoms with Crippen LogP contribution in [0.2, 0.25) is 19.6 Å². The highest BCUT2D eigenvalue weighted by molar-refractivity contribution is 6.80. The first-order valence-corrected chi connectivity index (χ1v) is 17.4. The predicted molar refractivity (Wildman–Crippen MR) is 150 cm³/mol. The number of allylic oxidation sites excluding steroid dienone is 1. The van der Waals surface area contributed by atoms with Crippen LogP contribution in [0.5, 0.6) is 0 Å². The molecule has 0 amide bonds. The number of hydrogen-bond donors (Lipinski definition) is 0. The van der Waals surface area contributed by atoms with Crippen molar-refractivity contribution in [3.63, 3.8) is 0 Å². The summed E-state index contributed by atoms with van der Waals surface area (Å²) in [4.78, 5) is 13.7. The van der Waals surface area contributed by atoms with E-state index in [1.165, 1.54) is 17.7 Å². The lowest BCUT2D eigenvalue weighted by Crippen LogP contribution is -2.43. The normalized spacial score (nSPS) is 28.3. The molecule has 6 heteroatoms. The molecule has 0 radical (unpaired) electrons. The van der Waals surface area contributed by atoms with Crippen LogP contribution in [0, 0.1) is 23.7 Å². The van der Waals surface area contributed by atoms with Crippen LogP contribution >= 0.6 is 0 Å². The maximum Gasteiger partial charge on any atom is 0.416 e. The molecule has 2 aromatic carbocycles. The van der Waals surface area contributed by atoms with E-state index in [2.05, 4.69) is 76.5 Å². The van der Waals surface area contributed by atoms with Crippen LogP contribution in [-0.4, -0.2) is 20.1 Å². The van der Waals surface area contributed by atoms with Gasteiger partial charge in [0.05, 0.1) is 19.6 Å². The molecular weight excluding hydrogens is 501 g/mol. The van der Waals surface area contributed by atoms with Crippen molar-refractivity contribution >= 4 is 14.0 Å². The number of ether oxygens (including phenoxy) is 1. The van der Waals surface area contributed by atoms with Crippen LogP contribution < -0.4 is 0 Å². The molecule has 0 heterocycles. The fraction of sp³-hybridized carbons (Fsp3) is 0.531. The summed E-state index contributed by atoms with van der Waals surface area (Å²) < 4.78 is 45.8. The Morgan fingerprint density at radius 3 is 2.16 bits per heavy atom. The summed E-state index contributed by atoms with van der Waals surface area (Å²) >= 11 is 0. The van der Waals surface area contributed by atoms with Crippen molar-refractivity contribution in [3.8, 4) is 0 Å². The Labute approximate surface area is 226 Å². The molecular formula is C32H41F3O2Si. The average molecular weight is 543 g/mol. The third kappa shape index (κ3) is 6.44. The van der Waals surface area contributed by atoms with E-state index in [0.29, 0.717) is 5.92 Å². The number of halogens is 3. The predicted octanol–water partition coefficient (Wildman–Crippen LogP) is 8.79. The number of carbonyl (C=O) groups excluding carboxylic acids is 1. The van der Waals surface area contributed by atoms with Gasteiger partial charge in [-0.15, -0.1) is 0 Å². The molecule has 2 aliphatic rings. The molecule has 6 atom stereocenters. The Balaban J connectivity index is 1.57. The maximum absolute atomic E-state index is 13.7. The van der Waals surface area contributed by atoms with Crippen LogP contribution in [0.4, 0.5) is 13.2 Å². The van der Waals surface area contributed by atoms with Gasteiger partial charge >= 0.3 is 12.1 Å². The molecule has 0 bridgehead atoms. The van der Waals surface area contributed by atoms with Gasteiger partial charge in [-0.1, -0.05) is 101 Å². The lowest BCUT2D eigenvalue weighted by Gasteiger charge is -2.44. The SMILES string of the molecule is C[C@@H]1CC[C@@H](C(C)(C)c2ccccc2)[C@H](OC(=O)[C@@H]2[C@@H](/C=C/[Si](C)(C)C)[C@H]2c2ccc(C(F)(F)F)cc2)C1.